The van der Waals surface area contributed by atoms with E-state index in [0.29, 0.717) is 6.26 Å². The van der Waals surface area contributed by atoms with Gasteiger partial charge in [-0.1, -0.05) is 0 Å². The van der Waals surface area contributed by atoms with E-state index in [1.807, 2.05) is 0 Å². The van der Waals surface area contributed by atoms with Crippen LogP contribution in [0.25, 0.3) is 0 Å². The Hall–Kier alpha value is -2.09. The minimum absolute atomic E-state index is 0.103. The van der Waals surface area contributed by atoms with Gasteiger partial charge in [0.2, 0.25) is 0 Å². The van der Waals surface area contributed by atoms with Gasteiger partial charge in [0.05, 0.1) is 18.9 Å². The molecule has 1 N–H and O–H groups in total. The average Bonchev–Trinajstić information content (AvgIpc) is 2.16. The van der Waals surface area contributed by atoms with Crippen molar-refractivity contribution in [1.29, 1.82) is 5.26 Å². The largest absolute Gasteiger partial charge is 0.515 e. The summed E-state index contributed by atoms with van der Waals surface area (Å²) in [4.78, 5) is 22.1. The lowest BCUT2D eigenvalue weighted by Crippen LogP contribution is -2.14. The molecule has 0 aliphatic heterocycles. The highest BCUT2D eigenvalue weighted by molar-refractivity contribution is 6.21. The predicted molar refractivity (Wildman–Crippen MR) is 47.1 cm³/mol. The van der Waals surface area contributed by atoms with Gasteiger partial charge >= 0.3 is 5.97 Å². The van der Waals surface area contributed by atoms with E-state index in [1.54, 1.807) is 13.0 Å². The van der Waals surface area contributed by atoms with E-state index in [0.717, 1.165) is 12.2 Å². The SMILES string of the molecule is CCOC(=O)/C(=C/O)C(=O)/C=C/C#N. The van der Waals surface area contributed by atoms with E-state index in [1.165, 1.54) is 0 Å². The second-order valence-corrected chi connectivity index (χ2v) is 2.09. The van der Waals surface area contributed by atoms with Crippen molar-refractivity contribution < 1.29 is 19.4 Å². The number of nitrogens with zero attached hydrogens (tertiary/aromatic N) is 1. The number of aliphatic hydroxyl groups excluding tert-OH is 1. The lowest BCUT2D eigenvalue weighted by atomic mass is 10.2. The summed E-state index contributed by atoms with van der Waals surface area (Å²) in [6.45, 7) is 1.67. The fourth-order valence-corrected chi connectivity index (χ4v) is 0.628. The molecule has 0 aliphatic carbocycles. The third kappa shape index (κ3) is 3.54. The first-order valence-electron chi connectivity index (χ1n) is 3.79. The summed E-state index contributed by atoms with van der Waals surface area (Å²) >= 11 is 0. The number of hydrogen-bond donors (Lipinski definition) is 1. The maximum Gasteiger partial charge on any atom is 0.345 e. The highest BCUT2D eigenvalue weighted by Crippen LogP contribution is 2.00. The van der Waals surface area contributed by atoms with Crippen molar-refractivity contribution in [3.05, 3.63) is 24.0 Å². The topological polar surface area (TPSA) is 87.4 Å². The molecule has 0 spiro atoms. The first-order valence-corrected chi connectivity index (χ1v) is 3.79. The van der Waals surface area contributed by atoms with Gasteiger partial charge in [-0.15, -0.1) is 0 Å². The second kappa shape index (κ2) is 6.43. The highest BCUT2D eigenvalue weighted by Gasteiger charge is 2.17. The summed E-state index contributed by atoms with van der Waals surface area (Å²) in [5.74, 6) is -1.69. The van der Waals surface area contributed by atoms with Gasteiger partial charge in [0.15, 0.2) is 5.78 Å². The Labute approximate surface area is 80.9 Å². The quantitative estimate of drug-likeness (QED) is 0.177. The Balaban J connectivity index is 4.60. The zero-order chi connectivity index (χ0) is 11.0. The Morgan fingerprint density at radius 1 is 1.57 bits per heavy atom. The number of nitriles is 1. The minimum atomic E-state index is -0.914. The molecule has 0 atom stereocenters. The number of hydrogen-bond acceptors (Lipinski definition) is 5. The molecule has 0 unspecified atom stereocenters. The van der Waals surface area contributed by atoms with Gasteiger partial charge in [-0.3, -0.25) is 4.79 Å². The summed E-state index contributed by atoms with van der Waals surface area (Å²) in [6.07, 6.45) is 2.14. The fraction of sp³-hybridized carbons (Fsp3) is 0.222. The lowest BCUT2D eigenvalue weighted by molar-refractivity contribution is -0.139. The van der Waals surface area contributed by atoms with Gasteiger partial charge in [-0.05, 0) is 13.0 Å². The molecular weight excluding hydrogens is 186 g/mol. The van der Waals surface area contributed by atoms with Gasteiger partial charge in [0, 0.05) is 6.08 Å². The number of aliphatic hydroxyl groups is 1. The van der Waals surface area contributed by atoms with Crippen LogP contribution >= 0.6 is 0 Å². The van der Waals surface area contributed by atoms with Crippen LogP contribution in [0.1, 0.15) is 6.92 Å². The molecule has 14 heavy (non-hydrogen) atoms. The van der Waals surface area contributed by atoms with E-state index in [9.17, 15) is 9.59 Å². The fourth-order valence-electron chi connectivity index (χ4n) is 0.628. The smallest absolute Gasteiger partial charge is 0.345 e. The molecule has 74 valence electrons. The first-order chi connectivity index (χ1) is 6.67. The Morgan fingerprint density at radius 3 is 2.64 bits per heavy atom. The molecule has 5 nitrogen and oxygen atoms in total. The number of esters is 1. The Kier molecular flexibility index (Phi) is 5.47. The molecule has 0 aromatic carbocycles. The number of rotatable bonds is 4. The molecular formula is C9H9NO4. The Bertz CT molecular complexity index is 322. The van der Waals surface area contributed by atoms with Crippen molar-refractivity contribution in [3.8, 4) is 6.07 Å². The Morgan fingerprint density at radius 2 is 2.21 bits per heavy atom. The molecule has 0 aromatic heterocycles. The van der Waals surface area contributed by atoms with E-state index in [2.05, 4.69) is 4.74 Å². The van der Waals surface area contributed by atoms with Crippen LogP contribution in [-0.2, 0) is 14.3 Å². The van der Waals surface area contributed by atoms with Crippen molar-refractivity contribution in [2.45, 2.75) is 6.92 Å². The van der Waals surface area contributed by atoms with Gasteiger partial charge < -0.3 is 9.84 Å². The summed E-state index contributed by atoms with van der Waals surface area (Å²) < 4.78 is 4.49. The third-order valence-electron chi connectivity index (χ3n) is 1.20. The van der Waals surface area contributed by atoms with E-state index in [-0.39, 0.29) is 6.61 Å². The van der Waals surface area contributed by atoms with Gasteiger partial charge in [0.25, 0.3) is 0 Å². The van der Waals surface area contributed by atoms with Crippen LogP contribution < -0.4 is 0 Å². The average molecular weight is 195 g/mol. The molecule has 0 fully saturated rings. The predicted octanol–water partition coefficient (Wildman–Crippen LogP) is 0.640. The van der Waals surface area contributed by atoms with Crippen LogP contribution in [0.4, 0.5) is 0 Å². The summed E-state index contributed by atoms with van der Waals surface area (Å²) in [7, 11) is 0. The monoisotopic (exact) mass is 195 g/mol. The van der Waals surface area contributed by atoms with Crippen molar-refractivity contribution in [2.75, 3.05) is 6.61 Å². The second-order valence-electron chi connectivity index (χ2n) is 2.09. The van der Waals surface area contributed by atoms with Crippen LogP contribution in [-0.4, -0.2) is 23.5 Å². The van der Waals surface area contributed by atoms with Gasteiger partial charge in [0.1, 0.15) is 5.57 Å². The number of ketones is 1. The van der Waals surface area contributed by atoms with Crippen molar-refractivity contribution in [3.63, 3.8) is 0 Å². The molecule has 0 aliphatic rings. The van der Waals surface area contributed by atoms with E-state index in [4.69, 9.17) is 10.4 Å². The van der Waals surface area contributed by atoms with Crippen LogP contribution in [0.15, 0.2) is 24.0 Å². The van der Waals surface area contributed by atoms with Crippen LogP contribution in [0, 0.1) is 11.3 Å². The normalized spacial score (nSPS) is 11.0. The van der Waals surface area contributed by atoms with E-state index >= 15 is 0 Å². The van der Waals surface area contributed by atoms with Crippen molar-refractivity contribution >= 4 is 11.8 Å². The van der Waals surface area contributed by atoms with Crippen LogP contribution in [0.3, 0.4) is 0 Å². The molecule has 0 saturated heterocycles. The molecule has 0 radical (unpaired) electrons. The van der Waals surface area contributed by atoms with Crippen LogP contribution in [0.5, 0.6) is 0 Å². The number of ether oxygens (including phenoxy) is 1. The molecule has 0 amide bonds. The molecule has 5 heteroatoms. The van der Waals surface area contributed by atoms with Crippen molar-refractivity contribution in [2.24, 2.45) is 0 Å². The maximum atomic E-state index is 11.1. The van der Waals surface area contributed by atoms with Gasteiger partial charge in [-0.2, -0.15) is 5.26 Å². The summed E-state index contributed by atoms with van der Waals surface area (Å²) in [6, 6.07) is 1.59. The zero-order valence-corrected chi connectivity index (χ0v) is 7.56. The number of allylic oxidation sites excluding steroid dienone is 2. The minimum Gasteiger partial charge on any atom is -0.515 e. The van der Waals surface area contributed by atoms with Crippen LogP contribution in [0.2, 0.25) is 0 Å². The molecule has 0 bridgehead atoms. The van der Waals surface area contributed by atoms with Gasteiger partial charge in [-0.25, -0.2) is 4.79 Å². The molecule has 0 aromatic rings. The standard InChI is InChI=1S/C9H9NO4/c1-2-14-9(13)7(6-11)8(12)4-3-5-10/h3-4,6,11H,2H2,1H3/b4-3+,7-6+. The molecule has 0 saturated carbocycles. The summed E-state index contributed by atoms with van der Waals surface area (Å²) in [5.41, 5.74) is -0.502. The van der Waals surface area contributed by atoms with Crippen molar-refractivity contribution in [1.82, 2.24) is 0 Å². The highest BCUT2D eigenvalue weighted by atomic mass is 16.5. The summed E-state index contributed by atoms with van der Waals surface area (Å²) in [5, 5.41) is 16.7. The number of carbonyl (C=O) groups excluding carboxylic acids is 2. The van der Waals surface area contributed by atoms with E-state index < -0.39 is 17.3 Å². The first kappa shape index (κ1) is 11.9. The lowest BCUT2D eigenvalue weighted by Gasteiger charge is -2.00. The third-order valence-corrected chi connectivity index (χ3v) is 1.20. The molecule has 0 heterocycles. The molecule has 0 rings (SSSR count). The maximum absolute atomic E-state index is 11.1. The zero-order valence-electron chi connectivity index (χ0n) is 7.56. The number of carbonyl (C=O) groups is 2.